The van der Waals surface area contributed by atoms with E-state index in [4.69, 9.17) is 24.9 Å². The van der Waals surface area contributed by atoms with Gasteiger partial charge in [-0.15, -0.1) is 0 Å². The average Bonchev–Trinajstić information content (AvgIpc) is 3.47. The first-order valence-electron chi connectivity index (χ1n) is 29.9. The lowest BCUT2D eigenvalue weighted by Crippen LogP contribution is -2.54. The molecule has 6 aliphatic rings. The van der Waals surface area contributed by atoms with Crippen molar-refractivity contribution in [3.05, 3.63) is 113 Å². The van der Waals surface area contributed by atoms with E-state index in [1.165, 1.54) is 4.90 Å². The number of anilines is 5. The van der Waals surface area contributed by atoms with Crippen molar-refractivity contribution in [2.75, 3.05) is 143 Å². The van der Waals surface area contributed by atoms with Crippen LogP contribution >= 0.6 is 15.9 Å². The molecule has 6 saturated heterocycles. The van der Waals surface area contributed by atoms with Crippen molar-refractivity contribution in [2.45, 2.75) is 89.1 Å². The summed E-state index contributed by atoms with van der Waals surface area (Å²) >= 11 is 3.47. The van der Waals surface area contributed by atoms with Gasteiger partial charge in [0.1, 0.15) is 52.1 Å². The Morgan fingerprint density at radius 1 is 0.674 bits per heavy atom. The summed E-state index contributed by atoms with van der Waals surface area (Å²) in [6.45, 7) is 23.4. The molecule has 4 aromatic heterocycles. The molecule has 0 aliphatic carbocycles. The number of benzene rings is 2. The Labute approximate surface area is 511 Å². The Balaban J connectivity index is 0.000000158. The largest absolute Gasteiger partial charge is 0.444 e. The number of hydrogen-bond acceptors (Lipinski definition) is 19. The number of alkyl halides is 2. The lowest BCUT2D eigenvalue weighted by atomic mass is 10.1. The van der Waals surface area contributed by atoms with E-state index in [1.54, 1.807) is 33.2 Å². The van der Waals surface area contributed by atoms with Gasteiger partial charge in [0.2, 0.25) is 0 Å². The van der Waals surface area contributed by atoms with Crippen LogP contribution in [0.25, 0.3) is 21.8 Å². The molecule has 6 fully saturated rings. The quantitative estimate of drug-likeness (QED) is 0.115. The second kappa shape index (κ2) is 28.2. The molecule has 0 bridgehead atoms. The van der Waals surface area contributed by atoms with Gasteiger partial charge in [-0.2, -0.15) is 10.5 Å². The maximum absolute atomic E-state index is 14.0. The number of pyridine rings is 4. The first kappa shape index (κ1) is 62.0. The monoisotopic (exact) mass is 1240 g/mol. The Morgan fingerprint density at radius 2 is 1.20 bits per heavy atom. The minimum absolute atomic E-state index is 0.0378. The van der Waals surface area contributed by atoms with Gasteiger partial charge in [-0.1, -0.05) is 12.1 Å². The fourth-order valence-electron chi connectivity index (χ4n) is 12.1. The van der Waals surface area contributed by atoms with Crippen LogP contribution in [0.3, 0.4) is 0 Å². The van der Waals surface area contributed by atoms with E-state index in [-0.39, 0.29) is 43.5 Å². The third-order valence-corrected chi connectivity index (χ3v) is 16.7. The summed E-state index contributed by atoms with van der Waals surface area (Å²) < 4.78 is 45.7. The highest BCUT2D eigenvalue weighted by atomic mass is 79.9. The van der Waals surface area contributed by atoms with Gasteiger partial charge in [0.05, 0.1) is 65.2 Å². The van der Waals surface area contributed by atoms with Gasteiger partial charge in [-0.05, 0) is 123 Å². The number of nitrogens with two attached hydrogens (primary N) is 1. The molecule has 1 amide bonds. The lowest BCUT2D eigenvalue weighted by molar-refractivity contribution is -0.0329. The van der Waals surface area contributed by atoms with Gasteiger partial charge in [-0.25, -0.2) is 23.5 Å². The highest BCUT2D eigenvalue weighted by Crippen LogP contribution is 2.33. The minimum atomic E-state index is -1.14. The predicted molar refractivity (Wildman–Crippen MR) is 335 cm³/mol. The van der Waals surface area contributed by atoms with Crippen molar-refractivity contribution in [3.63, 3.8) is 0 Å². The van der Waals surface area contributed by atoms with Crippen LogP contribution in [-0.4, -0.2) is 213 Å². The molecule has 20 nitrogen and oxygen atoms in total. The molecule has 0 spiro atoms. The second-order valence-electron chi connectivity index (χ2n) is 24.0. The third kappa shape index (κ3) is 15.7. The zero-order chi connectivity index (χ0) is 60.5. The van der Waals surface area contributed by atoms with E-state index in [0.717, 1.165) is 147 Å². The number of amides is 1. The maximum atomic E-state index is 14.0. The molecule has 0 unspecified atom stereocenters. The molecule has 2 aromatic carbocycles. The van der Waals surface area contributed by atoms with Crippen LogP contribution in [0.1, 0.15) is 45.7 Å². The van der Waals surface area contributed by atoms with Crippen LogP contribution in [0.15, 0.2) is 102 Å². The number of nitriles is 2. The number of nitrogens with one attached hydrogen (secondary N) is 2. The van der Waals surface area contributed by atoms with Crippen molar-refractivity contribution in [1.29, 1.82) is 10.5 Å². The number of rotatable bonds is 10. The van der Waals surface area contributed by atoms with Crippen molar-refractivity contribution in [2.24, 2.45) is 5.73 Å². The van der Waals surface area contributed by atoms with Gasteiger partial charge in [-0.3, -0.25) is 19.8 Å². The zero-order valence-electron chi connectivity index (χ0n) is 49.7. The molecule has 8 atom stereocenters. The SMILES string of the molecule is CC(C)(C)OC(=O)N1C[C@H](N)[C@@H](F)C1.C[C@@H]1CN(c2ccc(C#N)c3ncccc23)C[C@H](CN2CCN(c3cccc(Br)n3)CC2)O1.C[C@@H]1CN(c2ccc(C#N)c3ncccc23)C[C@H](CN2CCN(c3cccc(N[C@H]4CNC[C@@H]4F)n3)CC2)O1. The van der Waals surface area contributed by atoms with Crippen LogP contribution in [0.4, 0.5) is 42.4 Å². The first-order valence-corrected chi connectivity index (χ1v) is 30.7. The second-order valence-corrected chi connectivity index (χ2v) is 24.8. The fourth-order valence-corrected chi connectivity index (χ4v) is 12.5. The molecule has 6 aliphatic heterocycles. The van der Waals surface area contributed by atoms with Crippen LogP contribution in [0, 0.1) is 22.7 Å². The van der Waals surface area contributed by atoms with Crippen LogP contribution in [0.5, 0.6) is 0 Å². The maximum Gasteiger partial charge on any atom is 0.410 e. The summed E-state index contributed by atoms with van der Waals surface area (Å²) in [4.78, 5) is 45.4. The molecule has 0 saturated carbocycles. The number of hydrogen-bond donors (Lipinski definition) is 3. The lowest BCUT2D eigenvalue weighted by Gasteiger charge is -2.42. The number of likely N-dealkylation sites (tertiary alicyclic amines) is 1. The van der Waals surface area contributed by atoms with Crippen LogP contribution in [0.2, 0.25) is 0 Å². The molecule has 4 N–H and O–H groups in total. The van der Waals surface area contributed by atoms with Crippen molar-refractivity contribution < 1.29 is 27.8 Å². The van der Waals surface area contributed by atoms with E-state index in [9.17, 15) is 24.1 Å². The number of nitrogens with zero attached hydrogens (tertiary/aromatic N) is 13. The molecular formula is C63H79BrF2N16O4. The number of ether oxygens (including phenoxy) is 3. The van der Waals surface area contributed by atoms with Gasteiger partial charge in [0.25, 0.3) is 0 Å². The highest BCUT2D eigenvalue weighted by molar-refractivity contribution is 9.10. The Morgan fingerprint density at radius 3 is 1.66 bits per heavy atom. The van der Waals surface area contributed by atoms with E-state index < -0.39 is 30.1 Å². The standard InChI is InChI=1S/C29H35FN8O.C25H27BrN6O.C9H17FN2O2/c1-20-17-38(26-8-7-21(14-31)29-23(26)4-3-9-33-29)19-22(39-20)18-36-10-12-37(13-11-36)28-6-2-5-27(35-28)34-25-16-32-15-24(25)30;1-18-15-32(22-8-7-19(14-27)25-21(22)4-3-9-28-25)17-20(33-18)16-30-10-12-31(13-11-30)24-6-2-5-23(26)29-24;1-9(2,3)14-8(13)12-4-6(10)7(11)5-12/h2-9,20,22,24-25,32H,10-13,15-19H2,1H3,(H,34,35);2-9,18,20H,10-13,15-17H2,1H3;6-7H,4-5,11H2,1-3H3/t20-,22+,24+,25+;18-,20+;6-,7-/m110/s1. The molecule has 23 heteroatoms. The zero-order valence-corrected chi connectivity index (χ0v) is 51.3. The molecular weight excluding hydrogens is 1160 g/mol. The fraction of sp³-hybridized carbons (Fsp3) is 0.508. The molecule has 6 aromatic rings. The van der Waals surface area contributed by atoms with Gasteiger partial charge >= 0.3 is 6.09 Å². The Kier molecular flexibility index (Phi) is 20.3. The van der Waals surface area contributed by atoms with Crippen molar-refractivity contribution in [3.8, 4) is 12.1 Å². The number of morpholine rings is 2. The van der Waals surface area contributed by atoms with Crippen LogP contribution < -0.4 is 36.0 Å². The number of piperazine rings is 2. The number of aromatic nitrogens is 4. The smallest absolute Gasteiger partial charge is 0.410 e. The molecule has 456 valence electrons. The summed E-state index contributed by atoms with van der Waals surface area (Å²) in [5.41, 5.74) is 9.87. The molecule has 0 radical (unpaired) electrons. The normalized spacial score (nSPS) is 24.8. The summed E-state index contributed by atoms with van der Waals surface area (Å²) in [6.07, 6.45) is 1.42. The highest BCUT2D eigenvalue weighted by Gasteiger charge is 2.36. The third-order valence-electron chi connectivity index (χ3n) is 16.2. The summed E-state index contributed by atoms with van der Waals surface area (Å²) in [5, 5.41) is 27.3. The van der Waals surface area contributed by atoms with E-state index in [0.29, 0.717) is 24.2 Å². The van der Waals surface area contributed by atoms with Crippen molar-refractivity contribution in [1.82, 2.24) is 40.0 Å². The first-order chi connectivity index (χ1) is 41.5. The summed E-state index contributed by atoms with van der Waals surface area (Å²) in [5.74, 6) is 2.68. The summed E-state index contributed by atoms with van der Waals surface area (Å²) in [7, 11) is 0. The van der Waals surface area contributed by atoms with Gasteiger partial charge < -0.3 is 55.1 Å². The predicted octanol–water partition coefficient (Wildman–Crippen LogP) is 7.22. The number of fused-ring (bicyclic) bond motifs is 2. The van der Waals surface area contributed by atoms with Gasteiger partial charge in [0.15, 0.2) is 0 Å². The van der Waals surface area contributed by atoms with E-state index in [1.807, 2.05) is 66.7 Å². The van der Waals surface area contributed by atoms with Crippen LogP contribution in [-0.2, 0) is 14.2 Å². The summed E-state index contributed by atoms with van der Waals surface area (Å²) in [6, 6.07) is 31.5. The molecule has 12 rings (SSSR count). The van der Waals surface area contributed by atoms with Gasteiger partial charge in [0, 0.05) is 146 Å². The molecule has 10 heterocycles. The number of carbonyl (C=O) groups is 1. The van der Waals surface area contributed by atoms with Crippen molar-refractivity contribution >= 4 is 72.7 Å². The molecule has 86 heavy (non-hydrogen) atoms. The minimum Gasteiger partial charge on any atom is -0.444 e. The topological polar surface area (TPSA) is 217 Å². The Hall–Kier alpha value is -7.09. The number of carbonyl (C=O) groups excluding carboxylic acids is 1. The average molecular weight is 1240 g/mol. The Bertz CT molecular complexity index is 3340. The number of halogens is 3. The van der Waals surface area contributed by atoms with E-state index in [2.05, 4.69) is 115 Å². The van der Waals surface area contributed by atoms with E-state index >= 15 is 0 Å².